The van der Waals surface area contributed by atoms with E-state index in [1.54, 1.807) is 0 Å². The van der Waals surface area contributed by atoms with Crippen LogP contribution in [0.1, 0.15) is 181 Å². The molecule has 2 aliphatic heterocycles. The lowest BCUT2D eigenvalue weighted by Crippen LogP contribution is -2.65. The fourth-order valence-corrected chi connectivity index (χ4v) is 8.09. The molecular formula is C48H89NO13. The predicted molar refractivity (Wildman–Crippen MR) is 240 cm³/mol. The van der Waals surface area contributed by atoms with Gasteiger partial charge in [-0.05, 0) is 44.9 Å². The van der Waals surface area contributed by atoms with Crippen LogP contribution in [0.2, 0.25) is 0 Å². The van der Waals surface area contributed by atoms with Gasteiger partial charge in [-0.3, -0.25) is 4.79 Å². The van der Waals surface area contributed by atoms with E-state index in [9.17, 15) is 45.6 Å². The molecule has 2 fully saturated rings. The van der Waals surface area contributed by atoms with E-state index in [1.165, 1.54) is 103 Å². The van der Waals surface area contributed by atoms with E-state index in [4.69, 9.17) is 18.9 Å². The third-order valence-electron chi connectivity index (χ3n) is 12.2. The Kier molecular flexibility index (Phi) is 32.6. The van der Waals surface area contributed by atoms with Crippen molar-refractivity contribution < 1.29 is 64.6 Å². The number of carbonyl (C=O) groups is 1. The molecule has 14 heteroatoms. The summed E-state index contributed by atoms with van der Waals surface area (Å²) in [5, 5.41) is 85.9. The number of aliphatic hydroxyl groups excluding tert-OH is 8. The van der Waals surface area contributed by atoms with Crippen LogP contribution in [0, 0.1) is 0 Å². The SMILES string of the molecule is CCCCCCC/C=C\C/C=C\CCCCCCCCCCCCCCCC(=O)NC(COC1OC(CO)C(OC2OC(CO)C(O)C(O)C2O)C(O)C1O)C(O)CCCCC. The van der Waals surface area contributed by atoms with Gasteiger partial charge in [0.1, 0.15) is 48.8 Å². The predicted octanol–water partition coefficient (Wildman–Crippen LogP) is 5.77. The molecule has 0 radical (unpaired) electrons. The van der Waals surface area contributed by atoms with Crippen molar-refractivity contribution in [2.24, 2.45) is 0 Å². The van der Waals surface area contributed by atoms with Gasteiger partial charge in [0.15, 0.2) is 12.6 Å². The average molecular weight is 888 g/mol. The third kappa shape index (κ3) is 23.1. The second-order valence-corrected chi connectivity index (χ2v) is 17.6. The van der Waals surface area contributed by atoms with Gasteiger partial charge in [0.05, 0.1) is 32.0 Å². The van der Waals surface area contributed by atoms with Gasteiger partial charge in [-0.15, -0.1) is 0 Å². The zero-order valence-corrected chi connectivity index (χ0v) is 38.4. The van der Waals surface area contributed by atoms with Crippen LogP contribution >= 0.6 is 0 Å². The number of hydrogen-bond acceptors (Lipinski definition) is 13. The molecule has 12 unspecified atom stereocenters. The van der Waals surface area contributed by atoms with Crippen molar-refractivity contribution in [2.45, 2.75) is 254 Å². The molecule has 0 aromatic heterocycles. The molecule has 0 aromatic carbocycles. The fourth-order valence-electron chi connectivity index (χ4n) is 8.09. The number of hydrogen-bond donors (Lipinski definition) is 9. The van der Waals surface area contributed by atoms with Gasteiger partial charge in [-0.2, -0.15) is 0 Å². The molecule has 2 heterocycles. The Morgan fingerprint density at radius 2 is 1.06 bits per heavy atom. The summed E-state index contributed by atoms with van der Waals surface area (Å²) in [7, 11) is 0. The summed E-state index contributed by atoms with van der Waals surface area (Å²) in [5.41, 5.74) is 0. The minimum absolute atomic E-state index is 0.220. The highest BCUT2D eigenvalue weighted by molar-refractivity contribution is 5.76. The highest BCUT2D eigenvalue weighted by Gasteiger charge is 2.51. The van der Waals surface area contributed by atoms with Crippen molar-refractivity contribution in [2.75, 3.05) is 19.8 Å². The molecule has 12 atom stereocenters. The Labute approximate surface area is 373 Å². The minimum atomic E-state index is -1.78. The van der Waals surface area contributed by atoms with Gasteiger partial charge in [0.2, 0.25) is 5.91 Å². The van der Waals surface area contributed by atoms with Gasteiger partial charge >= 0.3 is 0 Å². The molecule has 364 valence electrons. The van der Waals surface area contributed by atoms with Crippen LogP contribution in [0.3, 0.4) is 0 Å². The van der Waals surface area contributed by atoms with Crippen molar-refractivity contribution >= 4 is 5.91 Å². The molecule has 62 heavy (non-hydrogen) atoms. The lowest BCUT2D eigenvalue weighted by molar-refractivity contribution is -0.359. The number of carbonyl (C=O) groups excluding carboxylic acids is 1. The van der Waals surface area contributed by atoms with Crippen LogP contribution in [0.5, 0.6) is 0 Å². The van der Waals surface area contributed by atoms with Crippen LogP contribution in [0.4, 0.5) is 0 Å². The first kappa shape index (κ1) is 56.6. The number of aliphatic hydroxyl groups is 8. The summed E-state index contributed by atoms with van der Waals surface area (Å²) in [6, 6.07) is -0.822. The molecule has 1 amide bonds. The Morgan fingerprint density at radius 3 is 1.61 bits per heavy atom. The zero-order valence-electron chi connectivity index (χ0n) is 38.4. The second-order valence-electron chi connectivity index (χ2n) is 17.6. The standard InChI is InChI=1S/C48H89NO13/c1-3-5-7-8-9-10-11-12-13-14-15-16-17-18-19-20-21-22-23-24-25-26-27-28-30-32-40(53)49-36(37(52)31-29-6-4-2)35-59-47-45(58)43(56)46(39(34-51)61-47)62-48-44(57)42(55)41(54)38(33-50)60-48/h11-12,14-15,36-39,41-48,50-52,54-58H,3-10,13,16-35H2,1-2H3,(H,49,53)/b12-11-,15-14-. The van der Waals surface area contributed by atoms with Crippen LogP contribution in [0.25, 0.3) is 0 Å². The lowest BCUT2D eigenvalue weighted by Gasteiger charge is -2.46. The van der Waals surface area contributed by atoms with Gasteiger partial charge in [-0.1, -0.05) is 154 Å². The first-order valence-electron chi connectivity index (χ1n) is 24.6. The molecule has 2 saturated heterocycles. The van der Waals surface area contributed by atoms with Gasteiger partial charge in [0.25, 0.3) is 0 Å². The van der Waals surface area contributed by atoms with E-state index in [0.29, 0.717) is 12.8 Å². The van der Waals surface area contributed by atoms with E-state index >= 15 is 0 Å². The largest absolute Gasteiger partial charge is 0.394 e. The number of rotatable bonds is 37. The number of allylic oxidation sites excluding steroid dienone is 4. The van der Waals surface area contributed by atoms with Crippen LogP contribution in [0.15, 0.2) is 24.3 Å². The molecular weight excluding hydrogens is 799 g/mol. The molecule has 0 spiro atoms. The smallest absolute Gasteiger partial charge is 0.220 e. The normalized spacial score (nSPS) is 27.9. The molecule has 2 rings (SSSR count). The molecule has 14 nitrogen and oxygen atoms in total. The maximum Gasteiger partial charge on any atom is 0.220 e. The summed E-state index contributed by atoms with van der Waals surface area (Å²) in [6.07, 6.45) is 21.6. The third-order valence-corrected chi connectivity index (χ3v) is 12.2. The Hall–Kier alpha value is -1.53. The highest BCUT2D eigenvalue weighted by atomic mass is 16.7. The Bertz CT molecular complexity index is 1140. The number of unbranched alkanes of at least 4 members (excludes halogenated alkanes) is 20. The summed E-state index contributed by atoms with van der Waals surface area (Å²) >= 11 is 0. The minimum Gasteiger partial charge on any atom is -0.394 e. The molecule has 0 aromatic rings. The number of nitrogens with one attached hydrogen (secondary N) is 1. The highest BCUT2D eigenvalue weighted by Crippen LogP contribution is 2.30. The summed E-state index contributed by atoms with van der Waals surface area (Å²) in [6.45, 7) is 2.65. The topological polar surface area (TPSA) is 228 Å². The van der Waals surface area contributed by atoms with Gasteiger partial charge in [0, 0.05) is 6.42 Å². The van der Waals surface area contributed by atoms with Crippen molar-refractivity contribution in [3.8, 4) is 0 Å². The Morgan fingerprint density at radius 1 is 0.581 bits per heavy atom. The van der Waals surface area contributed by atoms with E-state index in [2.05, 4.69) is 36.5 Å². The van der Waals surface area contributed by atoms with E-state index in [-0.39, 0.29) is 12.5 Å². The Balaban J connectivity index is 1.61. The van der Waals surface area contributed by atoms with Crippen LogP contribution < -0.4 is 5.32 Å². The maximum absolute atomic E-state index is 13.0. The average Bonchev–Trinajstić information content (AvgIpc) is 3.27. The molecule has 0 bridgehead atoms. The summed E-state index contributed by atoms with van der Waals surface area (Å²) < 4.78 is 22.5. The maximum atomic E-state index is 13.0. The molecule has 0 saturated carbocycles. The zero-order chi connectivity index (χ0) is 45.4. The van der Waals surface area contributed by atoms with Crippen LogP contribution in [-0.4, -0.2) is 140 Å². The lowest BCUT2D eigenvalue weighted by atomic mass is 9.97. The first-order chi connectivity index (χ1) is 30.1. The van der Waals surface area contributed by atoms with E-state index in [0.717, 1.165) is 51.4 Å². The monoisotopic (exact) mass is 888 g/mol. The van der Waals surface area contributed by atoms with Crippen molar-refractivity contribution in [3.63, 3.8) is 0 Å². The quantitative estimate of drug-likeness (QED) is 0.0267. The van der Waals surface area contributed by atoms with Gasteiger partial charge in [-0.25, -0.2) is 0 Å². The number of amides is 1. The van der Waals surface area contributed by atoms with Crippen molar-refractivity contribution in [1.29, 1.82) is 0 Å². The second kappa shape index (κ2) is 35.7. The molecule has 2 aliphatic rings. The summed E-state index contributed by atoms with van der Waals surface area (Å²) in [5.74, 6) is -0.220. The van der Waals surface area contributed by atoms with Crippen molar-refractivity contribution in [3.05, 3.63) is 24.3 Å². The van der Waals surface area contributed by atoms with E-state index in [1.807, 2.05) is 6.92 Å². The molecule has 9 N–H and O–H groups in total. The van der Waals surface area contributed by atoms with E-state index < -0.39 is 86.8 Å². The fraction of sp³-hybridized carbons (Fsp3) is 0.896. The first-order valence-corrected chi connectivity index (χ1v) is 24.6. The van der Waals surface area contributed by atoms with Crippen molar-refractivity contribution in [1.82, 2.24) is 5.32 Å². The summed E-state index contributed by atoms with van der Waals surface area (Å²) in [4.78, 5) is 13.0. The van der Waals surface area contributed by atoms with Gasteiger partial charge < -0.3 is 65.1 Å². The van der Waals surface area contributed by atoms with Crippen LogP contribution in [-0.2, 0) is 23.7 Å². The number of ether oxygens (including phenoxy) is 4. The molecule has 0 aliphatic carbocycles.